The molecule has 0 aliphatic carbocycles. The minimum Gasteiger partial charge on any atom is -0.381 e. The molecule has 1 aliphatic rings. The fraction of sp³-hybridized carbons (Fsp3) is 0.571. The third-order valence-corrected chi connectivity index (χ3v) is 3.91. The van der Waals surface area contributed by atoms with E-state index >= 15 is 0 Å². The zero-order valence-electron chi connectivity index (χ0n) is 11.2. The maximum Gasteiger partial charge on any atom is 0.123 e. The van der Waals surface area contributed by atoms with Gasteiger partial charge in [-0.25, -0.2) is 4.39 Å². The molecule has 19 heavy (non-hydrogen) atoms. The SMILES string of the molecule is COC1(C(Cc2cccc(F)c2)NN)CCOCC1. The predicted octanol–water partition coefficient (Wildman–Crippen LogP) is 1.40. The van der Waals surface area contributed by atoms with Crippen LogP contribution in [0.5, 0.6) is 0 Å². The highest BCUT2D eigenvalue weighted by Crippen LogP contribution is 2.29. The predicted molar refractivity (Wildman–Crippen MR) is 71.0 cm³/mol. The van der Waals surface area contributed by atoms with Gasteiger partial charge in [0.25, 0.3) is 0 Å². The van der Waals surface area contributed by atoms with Crippen LogP contribution < -0.4 is 11.3 Å². The molecule has 1 aromatic carbocycles. The number of benzene rings is 1. The number of rotatable bonds is 5. The normalized spacial score (nSPS) is 20.2. The van der Waals surface area contributed by atoms with Crippen LogP contribution in [0.4, 0.5) is 4.39 Å². The van der Waals surface area contributed by atoms with Gasteiger partial charge in [-0.3, -0.25) is 11.3 Å². The molecule has 5 heteroatoms. The standard InChI is InChI=1S/C14H21FN2O2/c1-18-14(5-7-19-8-6-14)13(17-16)10-11-3-2-4-12(15)9-11/h2-4,9,13,17H,5-8,10,16H2,1H3. The Morgan fingerprint density at radius 3 is 2.79 bits per heavy atom. The molecule has 106 valence electrons. The molecular formula is C14H21FN2O2. The number of methoxy groups -OCH3 is 1. The molecule has 1 saturated heterocycles. The fourth-order valence-corrected chi connectivity index (χ4v) is 2.71. The van der Waals surface area contributed by atoms with Gasteiger partial charge in [-0.1, -0.05) is 12.1 Å². The first-order chi connectivity index (χ1) is 9.20. The Labute approximate surface area is 113 Å². The van der Waals surface area contributed by atoms with E-state index in [1.54, 1.807) is 13.2 Å². The van der Waals surface area contributed by atoms with Crippen LogP contribution in [0.1, 0.15) is 18.4 Å². The zero-order valence-corrected chi connectivity index (χ0v) is 11.2. The molecule has 0 radical (unpaired) electrons. The van der Waals surface area contributed by atoms with E-state index in [1.807, 2.05) is 6.07 Å². The molecule has 1 aromatic rings. The van der Waals surface area contributed by atoms with Crippen LogP contribution in [0, 0.1) is 5.82 Å². The van der Waals surface area contributed by atoms with Crippen molar-refractivity contribution >= 4 is 0 Å². The quantitative estimate of drug-likeness (QED) is 0.626. The highest BCUT2D eigenvalue weighted by atomic mass is 19.1. The lowest BCUT2D eigenvalue weighted by Crippen LogP contribution is -2.58. The number of halogens is 1. The summed E-state index contributed by atoms with van der Waals surface area (Å²) in [6.07, 6.45) is 2.20. The molecule has 0 amide bonds. The van der Waals surface area contributed by atoms with Crippen LogP contribution in [0.2, 0.25) is 0 Å². The third-order valence-electron chi connectivity index (χ3n) is 3.91. The van der Waals surface area contributed by atoms with Crippen molar-refractivity contribution in [1.82, 2.24) is 5.43 Å². The van der Waals surface area contributed by atoms with Gasteiger partial charge in [0.1, 0.15) is 5.82 Å². The summed E-state index contributed by atoms with van der Waals surface area (Å²) in [5.74, 6) is 5.46. The van der Waals surface area contributed by atoms with Crippen LogP contribution in [0.3, 0.4) is 0 Å². The average Bonchev–Trinajstić information content (AvgIpc) is 2.45. The van der Waals surface area contributed by atoms with Crippen LogP contribution in [0.15, 0.2) is 24.3 Å². The van der Waals surface area contributed by atoms with E-state index in [1.165, 1.54) is 12.1 Å². The van der Waals surface area contributed by atoms with Crippen LogP contribution in [-0.4, -0.2) is 32.0 Å². The van der Waals surface area contributed by atoms with Crippen LogP contribution in [-0.2, 0) is 15.9 Å². The maximum atomic E-state index is 13.2. The van der Waals surface area contributed by atoms with Crippen molar-refractivity contribution in [3.63, 3.8) is 0 Å². The lowest BCUT2D eigenvalue weighted by molar-refractivity contribution is -0.110. The van der Waals surface area contributed by atoms with Crippen molar-refractivity contribution in [3.05, 3.63) is 35.6 Å². The Morgan fingerprint density at radius 2 is 2.21 bits per heavy atom. The number of nitrogens with two attached hydrogens (primary N) is 1. The van der Waals surface area contributed by atoms with E-state index in [-0.39, 0.29) is 17.5 Å². The summed E-state index contributed by atoms with van der Waals surface area (Å²) in [6.45, 7) is 1.32. The number of hydrazine groups is 1. The van der Waals surface area contributed by atoms with Crippen molar-refractivity contribution in [3.8, 4) is 0 Å². The summed E-state index contributed by atoms with van der Waals surface area (Å²) in [5, 5.41) is 0. The van der Waals surface area contributed by atoms with E-state index in [0.29, 0.717) is 19.6 Å². The van der Waals surface area contributed by atoms with E-state index in [9.17, 15) is 4.39 Å². The molecule has 1 unspecified atom stereocenters. The molecule has 3 N–H and O–H groups in total. The maximum absolute atomic E-state index is 13.2. The smallest absolute Gasteiger partial charge is 0.123 e. The summed E-state index contributed by atoms with van der Waals surface area (Å²) in [7, 11) is 1.70. The lowest BCUT2D eigenvalue weighted by atomic mass is 9.83. The summed E-state index contributed by atoms with van der Waals surface area (Å²) in [4.78, 5) is 0. The first-order valence-corrected chi connectivity index (χ1v) is 6.54. The van der Waals surface area contributed by atoms with Gasteiger partial charge in [0.05, 0.1) is 11.6 Å². The molecule has 0 bridgehead atoms. The van der Waals surface area contributed by atoms with Crippen molar-refractivity contribution < 1.29 is 13.9 Å². The molecule has 1 heterocycles. The summed E-state index contributed by atoms with van der Waals surface area (Å²) < 4.78 is 24.3. The van der Waals surface area contributed by atoms with Gasteiger partial charge in [-0.2, -0.15) is 0 Å². The molecule has 0 spiro atoms. The number of hydrogen-bond acceptors (Lipinski definition) is 4. The summed E-state index contributed by atoms with van der Waals surface area (Å²) in [5.41, 5.74) is 3.39. The second kappa shape index (κ2) is 6.43. The van der Waals surface area contributed by atoms with E-state index in [4.69, 9.17) is 15.3 Å². The van der Waals surface area contributed by atoms with Gasteiger partial charge in [0.15, 0.2) is 0 Å². The first-order valence-electron chi connectivity index (χ1n) is 6.54. The topological polar surface area (TPSA) is 56.5 Å². The van der Waals surface area contributed by atoms with Gasteiger partial charge in [-0.05, 0) is 24.1 Å². The molecule has 2 rings (SSSR count). The second-order valence-electron chi connectivity index (χ2n) is 4.93. The third kappa shape index (κ3) is 3.30. The van der Waals surface area contributed by atoms with Crippen molar-refractivity contribution in [2.75, 3.05) is 20.3 Å². The zero-order chi connectivity index (χ0) is 13.7. The van der Waals surface area contributed by atoms with Gasteiger partial charge in [0, 0.05) is 33.2 Å². The minimum absolute atomic E-state index is 0.0665. The monoisotopic (exact) mass is 268 g/mol. The molecule has 1 aliphatic heterocycles. The van der Waals surface area contributed by atoms with Crippen molar-refractivity contribution in [2.24, 2.45) is 5.84 Å². The highest BCUT2D eigenvalue weighted by Gasteiger charge is 2.40. The largest absolute Gasteiger partial charge is 0.381 e. The Morgan fingerprint density at radius 1 is 1.47 bits per heavy atom. The van der Waals surface area contributed by atoms with Crippen molar-refractivity contribution in [1.29, 1.82) is 0 Å². The van der Waals surface area contributed by atoms with Crippen LogP contribution in [0.25, 0.3) is 0 Å². The van der Waals surface area contributed by atoms with Gasteiger partial charge in [-0.15, -0.1) is 0 Å². The van der Waals surface area contributed by atoms with E-state index in [2.05, 4.69) is 5.43 Å². The summed E-state index contributed by atoms with van der Waals surface area (Å²) >= 11 is 0. The first kappa shape index (κ1) is 14.4. The van der Waals surface area contributed by atoms with Gasteiger partial charge >= 0.3 is 0 Å². The Balaban J connectivity index is 2.14. The molecule has 1 fully saturated rings. The summed E-state index contributed by atoms with van der Waals surface area (Å²) in [6, 6.07) is 6.52. The Kier molecular flexibility index (Phi) is 4.87. The average molecular weight is 268 g/mol. The van der Waals surface area contributed by atoms with Gasteiger partial charge < -0.3 is 9.47 Å². The molecule has 1 atom stereocenters. The Bertz CT molecular complexity index is 408. The number of hydrogen-bond donors (Lipinski definition) is 2. The Hall–Kier alpha value is -1.01. The number of nitrogens with one attached hydrogen (secondary N) is 1. The molecule has 0 saturated carbocycles. The number of ether oxygens (including phenoxy) is 2. The van der Waals surface area contributed by atoms with E-state index < -0.39 is 0 Å². The second-order valence-corrected chi connectivity index (χ2v) is 4.93. The van der Waals surface area contributed by atoms with Crippen molar-refractivity contribution in [2.45, 2.75) is 30.9 Å². The molecule has 0 aromatic heterocycles. The van der Waals surface area contributed by atoms with E-state index in [0.717, 1.165) is 18.4 Å². The van der Waals surface area contributed by atoms with Crippen LogP contribution >= 0.6 is 0 Å². The molecular weight excluding hydrogens is 247 g/mol. The minimum atomic E-state index is -0.348. The van der Waals surface area contributed by atoms with Gasteiger partial charge in [0.2, 0.25) is 0 Å². The highest BCUT2D eigenvalue weighted by molar-refractivity contribution is 5.18. The fourth-order valence-electron chi connectivity index (χ4n) is 2.71. The molecule has 4 nitrogen and oxygen atoms in total. The lowest BCUT2D eigenvalue weighted by Gasteiger charge is -2.42.